The van der Waals surface area contributed by atoms with Crippen molar-refractivity contribution in [2.75, 3.05) is 51.0 Å². The molecule has 3 aromatic carbocycles. The summed E-state index contributed by atoms with van der Waals surface area (Å²) in [7, 11) is 0. The molecule has 0 saturated carbocycles. The first-order chi connectivity index (χ1) is 26.4. The number of amides is 1. The Morgan fingerprint density at radius 3 is 2.63 bits per heavy atom. The summed E-state index contributed by atoms with van der Waals surface area (Å²) in [5.41, 5.74) is 0.0327. The van der Waals surface area contributed by atoms with Crippen molar-refractivity contribution in [3.8, 4) is 0 Å². The molecule has 8 heteroatoms. The Kier molecular flexibility index (Phi) is 4.14. The summed E-state index contributed by atoms with van der Waals surface area (Å²) in [6.07, 6.45) is -1.39. The molecule has 3 heterocycles. The summed E-state index contributed by atoms with van der Waals surface area (Å²) >= 11 is 0. The average molecular weight is 576 g/mol. The van der Waals surface area contributed by atoms with Crippen LogP contribution in [0.5, 0.6) is 0 Å². The second kappa shape index (κ2) is 12.1. The molecule has 2 fully saturated rings. The predicted octanol–water partition coefficient (Wildman–Crippen LogP) is 4.97. The summed E-state index contributed by atoms with van der Waals surface area (Å²) in [4.78, 5) is 17.9. The van der Waals surface area contributed by atoms with Gasteiger partial charge in [0.15, 0.2) is 0 Å². The van der Waals surface area contributed by atoms with Crippen LogP contribution in [-0.4, -0.2) is 62.7 Å². The molecule has 0 bridgehead atoms. The number of nitrogens with zero attached hydrogens (tertiary/aromatic N) is 3. The number of hydrogen-bond donors (Lipinski definition) is 1. The molecule has 214 valence electrons. The number of benzene rings is 3. The van der Waals surface area contributed by atoms with Crippen LogP contribution in [0, 0.1) is 17.6 Å². The standard InChI is InChI=1S/C33H36F2N4O2/c1-38-8-10-39(11-9-38)29-4-5-30(26(19-29)15-22-6-12-41-13-7-22)33(40)37-32-31-18-23(2-3-25(31)21-36-32)14-24-16-27(34)20-28(35)17-24/h2-5,16-20,22H,6-15,21H2,1H3,(H,36,37,40)/i1D3,4D,8D2,9D2,10D2,11D2,12D2,13D2,19D. The Morgan fingerprint density at radius 2 is 1.88 bits per heavy atom. The number of halogens is 2. The van der Waals surface area contributed by atoms with E-state index in [2.05, 4.69) is 10.3 Å². The first-order valence-electron chi connectivity index (χ1n) is 21.3. The van der Waals surface area contributed by atoms with Gasteiger partial charge in [-0.15, -0.1) is 0 Å². The Labute approximate surface area is 263 Å². The van der Waals surface area contributed by atoms with Gasteiger partial charge in [0, 0.05) is 71.6 Å². The van der Waals surface area contributed by atoms with Gasteiger partial charge in [-0.3, -0.25) is 9.79 Å². The lowest BCUT2D eigenvalue weighted by Crippen LogP contribution is -2.44. The number of nitrogens with one attached hydrogen (secondary N) is 1. The molecular weight excluding hydrogens is 522 g/mol. The fourth-order valence-electron chi connectivity index (χ4n) is 4.77. The third kappa shape index (κ3) is 6.49. The summed E-state index contributed by atoms with van der Waals surface area (Å²) in [5, 5.41) is 2.61. The van der Waals surface area contributed by atoms with Crippen molar-refractivity contribution in [2.24, 2.45) is 10.9 Å². The number of likely N-dealkylation sites (N-methyl/N-ethyl adjacent to an activating group) is 1. The maximum atomic E-state index is 14.2. The third-order valence-corrected chi connectivity index (χ3v) is 6.74. The maximum Gasteiger partial charge on any atom is 0.257 e. The van der Waals surface area contributed by atoms with Gasteiger partial charge in [0.2, 0.25) is 0 Å². The van der Waals surface area contributed by atoms with Crippen LogP contribution in [0.15, 0.2) is 59.5 Å². The molecule has 0 unspecified atom stereocenters. The van der Waals surface area contributed by atoms with Crippen molar-refractivity contribution in [3.63, 3.8) is 0 Å². The van der Waals surface area contributed by atoms with Gasteiger partial charge >= 0.3 is 0 Å². The Morgan fingerprint density at radius 1 is 1.10 bits per heavy atom. The highest BCUT2D eigenvalue weighted by atomic mass is 19.1. The van der Waals surface area contributed by atoms with E-state index in [9.17, 15) is 14.9 Å². The molecule has 41 heavy (non-hydrogen) atoms. The second-order valence-electron chi connectivity index (χ2n) is 9.71. The van der Waals surface area contributed by atoms with Crippen LogP contribution in [0.1, 0.15) is 74.3 Å². The number of carbonyl (C=O) groups excluding carboxylic acids is 1. The Hall–Kier alpha value is -3.62. The molecule has 0 aliphatic carbocycles. The zero-order valence-corrected chi connectivity index (χ0v) is 21.6. The van der Waals surface area contributed by atoms with Gasteiger partial charge in [-0.1, -0.05) is 12.1 Å². The van der Waals surface area contributed by atoms with Crippen molar-refractivity contribution < 1.29 is 41.6 Å². The summed E-state index contributed by atoms with van der Waals surface area (Å²) in [6.45, 7) is -24.1. The molecular formula is C33H36F2N4O2. The molecule has 0 atom stereocenters. The van der Waals surface area contributed by atoms with E-state index >= 15 is 0 Å². The molecule has 0 radical (unpaired) electrons. The lowest BCUT2D eigenvalue weighted by Gasteiger charge is -2.34. The van der Waals surface area contributed by atoms with E-state index in [0.29, 0.717) is 22.3 Å². The molecule has 3 aliphatic heterocycles. The number of rotatable bonds is 6. The Balaban J connectivity index is 1.45. The molecule has 0 spiro atoms. The monoisotopic (exact) mass is 575 g/mol. The minimum atomic E-state index is -3.86. The number of amidine groups is 1. The van der Waals surface area contributed by atoms with Crippen LogP contribution in [0.4, 0.5) is 14.5 Å². The minimum Gasteiger partial charge on any atom is -0.381 e. The molecule has 3 aliphatic rings. The summed E-state index contributed by atoms with van der Waals surface area (Å²) < 4.78 is 176. The minimum absolute atomic E-state index is 0.00828. The number of fused-ring (bicyclic) bond motifs is 1. The lowest BCUT2D eigenvalue weighted by molar-refractivity contribution is 0.0664. The molecule has 6 rings (SSSR count). The molecule has 1 N–H and O–H groups in total. The van der Waals surface area contributed by atoms with E-state index in [1.807, 2.05) is 0 Å². The lowest BCUT2D eigenvalue weighted by atomic mass is 9.89. The quantitative estimate of drug-likeness (QED) is 0.451. The first kappa shape index (κ1) is 14.0. The van der Waals surface area contributed by atoms with Crippen LogP contribution >= 0.6 is 0 Å². The van der Waals surface area contributed by atoms with Crippen LogP contribution in [-0.2, 0) is 24.1 Å². The van der Waals surface area contributed by atoms with E-state index in [4.69, 9.17) is 26.7 Å². The first-order valence-corrected chi connectivity index (χ1v) is 12.8. The maximum absolute atomic E-state index is 14.2. The third-order valence-electron chi connectivity index (χ3n) is 6.74. The van der Waals surface area contributed by atoms with Gasteiger partial charge in [0.05, 0.1) is 20.3 Å². The smallest absolute Gasteiger partial charge is 0.257 e. The SMILES string of the molecule is [2H]c1cc(C(=O)NC2=NCc3ccc(Cc4cc(F)cc(F)c4)cc32)c(CC2CC([2H])([2H])OC([2H])([2H])C2)c([2H])c1N1C([2H])([2H])C([2H])([2H])N(C([2H])([2H])[2H])C([2H])([2H])C1([2H])[2H]. The van der Waals surface area contributed by atoms with E-state index < -0.39 is 123 Å². The van der Waals surface area contributed by atoms with Gasteiger partial charge in [0.25, 0.3) is 5.91 Å². The number of carbonyl (C=O) groups is 1. The van der Waals surface area contributed by atoms with Crippen LogP contribution < -0.4 is 10.2 Å². The van der Waals surface area contributed by atoms with E-state index in [-0.39, 0.29) is 23.7 Å². The van der Waals surface area contributed by atoms with E-state index in [1.165, 1.54) is 0 Å². The Bertz CT molecular complexity index is 2130. The predicted molar refractivity (Wildman–Crippen MR) is 157 cm³/mol. The number of aliphatic imine (C=N–C) groups is 1. The highest BCUT2D eigenvalue weighted by Gasteiger charge is 2.24. The van der Waals surface area contributed by atoms with Gasteiger partial charge in [-0.2, -0.15) is 0 Å². The number of ether oxygens (including phenoxy) is 1. The molecule has 2 saturated heterocycles. The van der Waals surface area contributed by atoms with Crippen LogP contribution in [0.3, 0.4) is 0 Å². The largest absolute Gasteiger partial charge is 0.381 e. The fraction of sp³-hybridized carbons (Fsp3) is 0.394. The van der Waals surface area contributed by atoms with Gasteiger partial charge in [0.1, 0.15) is 17.5 Å². The van der Waals surface area contributed by atoms with Crippen LogP contribution in [0.25, 0.3) is 0 Å². The zero-order chi connectivity index (χ0) is 43.3. The summed E-state index contributed by atoms with van der Waals surface area (Å²) in [6, 6.07) is 6.93. The van der Waals surface area contributed by atoms with E-state index in [1.54, 1.807) is 18.2 Å². The molecule has 1 amide bonds. The van der Waals surface area contributed by atoms with Crippen molar-refractivity contribution >= 4 is 17.4 Å². The van der Waals surface area contributed by atoms with Gasteiger partial charge in [-0.05, 0) is 97.2 Å². The zero-order valence-electron chi connectivity index (χ0n) is 38.6. The highest BCUT2D eigenvalue weighted by molar-refractivity contribution is 6.14. The highest BCUT2D eigenvalue weighted by Crippen LogP contribution is 2.28. The van der Waals surface area contributed by atoms with Crippen LogP contribution in [0.2, 0.25) is 0 Å². The molecule has 6 nitrogen and oxygen atoms in total. The molecule has 3 aromatic rings. The normalized spacial score (nSPS) is 31.6. The van der Waals surface area contributed by atoms with Crippen molar-refractivity contribution in [1.29, 1.82) is 0 Å². The molecule has 0 aromatic heterocycles. The van der Waals surface area contributed by atoms with Crippen molar-refractivity contribution in [3.05, 3.63) is 99.6 Å². The number of hydrogen-bond acceptors (Lipinski definition) is 5. The van der Waals surface area contributed by atoms with Crippen molar-refractivity contribution in [1.82, 2.24) is 10.2 Å². The number of piperazine rings is 1. The second-order valence-corrected chi connectivity index (χ2v) is 9.71. The van der Waals surface area contributed by atoms with Gasteiger partial charge in [-0.25, -0.2) is 8.78 Å². The van der Waals surface area contributed by atoms with Gasteiger partial charge < -0.3 is 19.9 Å². The van der Waals surface area contributed by atoms with Crippen molar-refractivity contribution in [2.45, 2.75) is 32.2 Å². The topological polar surface area (TPSA) is 57.2 Å². The van der Waals surface area contributed by atoms with E-state index in [0.717, 1.165) is 24.3 Å². The number of anilines is 1. The fourth-order valence-corrected chi connectivity index (χ4v) is 4.77. The average Bonchev–Trinajstić information content (AvgIpc) is 3.41. The summed E-state index contributed by atoms with van der Waals surface area (Å²) in [5.74, 6) is -3.60.